The Labute approximate surface area is 664 Å². The molecule has 0 aliphatic rings. The van der Waals surface area contributed by atoms with Gasteiger partial charge in [0, 0.05) is 57.2 Å². The molecule has 8 heteroatoms. The first-order valence-corrected chi connectivity index (χ1v) is 41.2. The smallest absolute Gasteiger partial charge is 0.150 e. The topological polar surface area (TPSA) is 61.9 Å². The highest BCUT2D eigenvalue weighted by Crippen LogP contribution is 2.57. The molecule has 0 heterocycles. The summed E-state index contributed by atoms with van der Waals surface area (Å²) in [6.45, 7) is 25.1. The van der Waals surface area contributed by atoms with E-state index in [2.05, 4.69) is 334 Å². The fraction of sp³-hybridized carbons (Fsp3) is 0.269. The summed E-state index contributed by atoms with van der Waals surface area (Å²) >= 11 is 0. The van der Waals surface area contributed by atoms with Crippen molar-refractivity contribution >= 4 is 111 Å². The average Bonchev–Trinajstić information content (AvgIpc) is 0.691. The lowest BCUT2D eigenvalue weighted by atomic mass is 9.85. The highest BCUT2D eigenvalue weighted by molar-refractivity contribution is 6.41. The number of rotatable bonds is 36. The number of hydrogen-bond acceptors (Lipinski definition) is 8. The van der Waals surface area contributed by atoms with Gasteiger partial charge < -0.3 is 38.2 Å². The minimum Gasteiger partial charge on any atom is -0.493 e. The number of nitrogens with zero attached hydrogens (tertiary/aromatic N) is 2. The van der Waals surface area contributed by atoms with E-state index in [0.717, 1.165) is 210 Å². The summed E-state index contributed by atoms with van der Waals surface area (Å²) in [5, 5.41) is 11.4. The Morgan fingerprint density at radius 2 is 0.580 bits per heavy atom. The number of unbranched alkanes of at least 4 members (excludes halogenated alkanes) is 6. The molecule has 112 heavy (non-hydrogen) atoms. The van der Waals surface area contributed by atoms with Gasteiger partial charge in [0.2, 0.25) is 0 Å². The van der Waals surface area contributed by atoms with Crippen LogP contribution in [0.1, 0.15) is 174 Å². The number of ether oxygens (including phenoxy) is 6. The summed E-state index contributed by atoms with van der Waals surface area (Å²) < 4.78 is 41.9. The molecule has 0 saturated heterocycles. The van der Waals surface area contributed by atoms with Crippen LogP contribution in [0.5, 0.6) is 34.5 Å². The number of fused-ring (bicyclic) bond motifs is 4. The van der Waals surface area contributed by atoms with E-state index in [1.807, 2.05) is 0 Å². The van der Waals surface area contributed by atoms with Crippen molar-refractivity contribution in [2.75, 3.05) is 49.4 Å². The number of aryl methyl sites for hydroxylation is 4. The zero-order valence-corrected chi connectivity index (χ0v) is 67.3. The van der Waals surface area contributed by atoms with Gasteiger partial charge in [0.25, 0.3) is 0 Å². The molecule has 0 bridgehead atoms. The fourth-order valence-corrected chi connectivity index (χ4v) is 15.2. The first-order valence-electron chi connectivity index (χ1n) is 41.2. The molecule has 0 radical (unpaired) electrons. The molecule has 0 aromatic heterocycles. The molecular weight excluding hydrogens is 1370 g/mol. The first kappa shape index (κ1) is 77.3. The molecule has 0 spiro atoms. The van der Waals surface area contributed by atoms with Crippen LogP contribution >= 0.6 is 0 Å². The molecule has 0 unspecified atom stereocenters. The molecule has 0 aliphatic carbocycles. The van der Waals surface area contributed by atoms with Crippen molar-refractivity contribution in [2.24, 2.45) is 0 Å². The molecule has 14 aromatic rings. The van der Waals surface area contributed by atoms with Gasteiger partial charge in [-0.3, -0.25) is 0 Å². The van der Waals surface area contributed by atoms with Gasteiger partial charge >= 0.3 is 0 Å². The Morgan fingerprint density at radius 1 is 0.268 bits per heavy atom. The lowest BCUT2D eigenvalue weighted by Crippen LogP contribution is -2.16. The number of benzene rings is 14. The third-order valence-corrected chi connectivity index (χ3v) is 21.5. The number of hydrogen-bond donors (Lipinski definition) is 0. The van der Waals surface area contributed by atoms with Crippen LogP contribution in [0.2, 0.25) is 0 Å². The summed E-state index contributed by atoms with van der Waals surface area (Å²) in [4.78, 5) is 4.85. The van der Waals surface area contributed by atoms with Gasteiger partial charge in [-0.15, -0.1) is 0 Å². The third-order valence-electron chi connectivity index (χ3n) is 21.5. The van der Waals surface area contributed by atoms with Crippen LogP contribution in [-0.4, -0.2) is 39.6 Å². The monoisotopic (exact) mass is 1480 g/mol. The quantitative estimate of drug-likeness (QED) is 0.0167. The summed E-state index contributed by atoms with van der Waals surface area (Å²) in [7, 11) is 0. The molecule has 8 nitrogen and oxygen atoms in total. The summed E-state index contributed by atoms with van der Waals surface area (Å²) in [5.41, 5.74) is 19.6. The van der Waals surface area contributed by atoms with Crippen molar-refractivity contribution in [1.82, 2.24) is 0 Å². The molecule has 14 aromatic carbocycles. The second-order valence-corrected chi connectivity index (χ2v) is 30.0. The maximum Gasteiger partial charge on any atom is 0.150 e. The van der Waals surface area contributed by atoms with Crippen LogP contribution < -0.4 is 38.2 Å². The molecule has 0 saturated carbocycles. The first-order chi connectivity index (χ1) is 55.0. The van der Waals surface area contributed by atoms with Crippen LogP contribution in [0, 0.1) is 27.7 Å². The van der Waals surface area contributed by atoms with Gasteiger partial charge in [-0.1, -0.05) is 290 Å². The zero-order valence-electron chi connectivity index (χ0n) is 67.3. The lowest BCUT2D eigenvalue weighted by Gasteiger charge is -2.33. The standard InChI is InChI=1S/C104H108N2O6/c1-11-17-59-107-83-67-95(109-61-19-13-3)103(96(68-83)110-62-20-14-4)105(81-53-41-75(42-54-81)65-92(77-45-33-71(7)34-46-77)78-47-35-72(8)36-48-78)94-58-57-87-85-29-25-32-91-101(85)100(90-31-26-30-89(94)99(87)90)86-27-23-24-28-88(86)102(91)106(104-97(111-63-21-15-5)69-84(108-60-18-12-2)70-98(104)112-64-22-16-6)82-55-43-76(44-56-82)66-93(79-49-37-73(9)38-50-79)80-51-39-74(10)40-52-80/h23-58,65-70H,11-22,59-64H2,1-10H3. The highest BCUT2D eigenvalue weighted by Gasteiger charge is 2.32. The van der Waals surface area contributed by atoms with E-state index in [0.29, 0.717) is 62.6 Å². The van der Waals surface area contributed by atoms with Crippen LogP contribution in [0.3, 0.4) is 0 Å². The average molecular weight is 1480 g/mol. The van der Waals surface area contributed by atoms with Crippen LogP contribution in [0.25, 0.3) is 77.2 Å². The van der Waals surface area contributed by atoms with Crippen molar-refractivity contribution in [2.45, 2.75) is 146 Å². The van der Waals surface area contributed by atoms with E-state index in [1.54, 1.807) is 0 Å². The van der Waals surface area contributed by atoms with Crippen molar-refractivity contribution in [3.05, 3.63) is 298 Å². The van der Waals surface area contributed by atoms with Gasteiger partial charge in [-0.2, -0.15) is 0 Å². The second-order valence-electron chi connectivity index (χ2n) is 30.0. The van der Waals surface area contributed by atoms with Gasteiger partial charge in [-0.05, 0) is 186 Å². The van der Waals surface area contributed by atoms with E-state index < -0.39 is 0 Å². The van der Waals surface area contributed by atoms with E-state index in [1.165, 1.54) is 33.0 Å². The van der Waals surface area contributed by atoms with Crippen molar-refractivity contribution in [3.8, 4) is 34.5 Å². The molecule has 570 valence electrons. The Morgan fingerprint density at radius 3 is 0.982 bits per heavy atom. The summed E-state index contributed by atoms with van der Waals surface area (Å²) in [6.07, 6.45) is 16.0. The van der Waals surface area contributed by atoms with E-state index in [9.17, 15) is 0 Å². The van der Waals surface area contributed by atoms with Gasteiger partial charge in [0.05, 0.1) is 51.0 Å². The molecule has 0 atom stereocenters. The Balaban J connectivity index is 1.03. The Hall–Kier alpha value is -11.5. The van der Waals surface area contributed by atoms with Gasteiger partial charge in [0.15, 0.2) is 23.0 Å². The predicted molar refractivity (Wildman–Crippen MR) is 476 cm³/mol. The minimum atomic E-state index is 0.519. The number of anilines is 6. The largest absolute Gasteiger partial charge is 0.493 e. The Kier molecular flexibility index (Phi) is 25.2. The third kappa shape index (κ3) is 17.0. The lowest BCUT2D eigenvalue weighted by molar-refractivity contribution is 0.281. The molecule has 0 fully saturated rings. The maximum absolute atomic E-state index is 7.18. The van der Waals surface area contributed by atoms with Crippen molar-refractivity contribution in [3.63, 3.8) is 0 Å². The Bertz CT molecular complexity index is 5410. The second kappa shape index (κ2) is 36.6. The minimum absolute atomic E-state index is 0.519. The predicted octanol–water partition coefficient (Wildman–Crippen LogP) is 29.3. The normalized spacial score (nSPS) is 11.4. The molecular formula is C104H108N2O6. The van der Waals surface area contributed by atoms with Gasteiger partial charge in [0.1, 0.15) is 22.9 Å². The maximum atomic E-state index is 7.18. The van der Waals surface area contributed by atoms with Crippen LogP contribution in [0.4, 0.5) is 34.1 Å². The SMILES string of the molecule is CCCCOc1cc(OCCCC)c(N(c2ccc(C=C(c3ccc(C)cc3)c3ccc(C)cc3)cc2)c2ccc3c4cccc5c(N(c6ccc(C=C(c7ccc(C)cc7)c7ccc(C)cc7)cc6)c6c(OCCCC)cc(OCCCC)cc6OCCCC)c6ccccc6c(c6cccc2c36)c54)c(OCCCC)c1. The van der Waals surface area contributed by atoms with Crippen LogP contribution in [-0.2, 0) is 0 Å². The zero-order chi connectivity index (χ0) is 77.5. The van der Waals surface area contributed by atoms with Crippen molar-refractivity contribution in [1.29, 1.82) is 0 Å². The van der Waals surface area contributed by atoms with Crippen LogP contribution in [0.15, 0.2) is 243 Å². The fourth-order valence-electron chi connectivity index (χ4n) is 15.2. The summed E-state index contributed by atoms with van der Waals surface area (Å²) in [5.74, 6) is 4.26. The van der Waals surface area contributed by atoms with Gasteiger partial charge in [-0.25, -0.2) is 0 Å². The molecule has 0 aliphatic heterocycles. The molecule has 0 N–H and O–H groups in total. The van der Waals surface area contributed by atoms with E-state index >= 15 is 0 Å². The van der Waals surface area contributed by atoms with E-state index in [4.69, 9.17) is 28.4 Å². The summed E-state index contributed by atoms with van der Waals surface area (Å²) in [6, 6.07) is 89.7. The van der Waals surface area contributed by atoms with E-state index in [-0.39, 0.29) is 0 Å². The van der Waals surface area contributed by atoms with Crippen molar-refractivity contribution < 1.29 is 28.4 Å². The molecule has 0 amide bonds. The highest BCUT2D eigenvalue weighted by atomic mass is 16.5. The molecule has 14 rings (SSSR count).